The molecule has 1 fully saturated rings. The van der Waals surface area contributed by atoms with Gasteiger partial charge in [-0.1, -0.05) is 0 Å². The number of nitrogens with two attached hydrogens (primary N) is 1. The van der Waals surface area contributed by atoms with Crippen LogP contribution in [0, 0.1) is 0 Å². The number of carbonyl (C=O) groups excluding carboxylic acids is 1. The molecule has 0 spiro atoms. The van der Waals surface area contributed by atoms with Crippen molar-refractivity contribution >= 4 is 5.91 Å². The van der Waals surface area contributed by atoms with Gasteiger partial charge in [0.15, 0.2) is 0 Å². The SMILES string of the molecule is NOCCOc1ccc(C(=O)N2CCCCC2)cc1. The van der Waals surface area contributed by atoms with Gasteiger partial charge in [-0.25, -0.2) is 5.90 Å². The van der Waals surface area contributed by atoms with Crippen LogP contribution in [0.3, 0.4) is 0 Å². The van der Waals surface area contributed by atoms with Crippen LogP contribution in [-0.4, -0.2) is 37.1 Å². The smallest absolute Gasteiger partial charge is 0.253 e. The normalized spacial score (nSPS) is 15.3. The van der Waals surface area contributed by atoms with E-state index in [1.54, 1.807) is 24.3 Å². The number of rotatable bonds is 5. The van der Waals surface area contributed by atoms with Crippen LogP contribution in [0.15, 0.2) is 24.3 Å². The van der Waals surface area contributed by atoms with E-state index in [9.17, 15) is 4.79 Å². The first kappa shape index (κ1) is 13.8. The summed E-state index contributed by atoms with van der Waals surface area (Å²) < 4.78 is 5.40. The van der Waals surface area contributed by atoms with Crippen molar-refractivity contribution in [1.29, 1.82) is 0 Å². The molecule has 5 nitrogen and oxygen atoms in total. The first-order valence-corrected chi connectivity index (χ1v) is 6.65. The lowest BCUT2D eigenvalue weighted by molar-refractivity contribution is 0.0724. The molecule has 0 aromatic heterocycles. The van der Waals surface area contributed by atoms with Crippen LogP contribution in [0.4, 0.5) is 0 Å². The summed E-state index contributed by atoms with van der Waals surface area (Å²) in [6.07, 6.45) is 3.43. The van der Waals surface area contributed by atoms with Crippen molar-refractivity contribution in [3.63, 3.8) is 0 Å². The number of carbonyl (C=O) groups is 1. The van der Waals surface area contributed by atoms with Gasteiger partial charge in [0.1, 0.15) is 19.0 Å². The van der Waals surface area contributed by atoms with Crippen LogP contribution in [0.1, 0.15) is 29.6 Å². The Morgan fingerprint density at radius 3 is 2.42 bits per heavy atom. The summed E-state index contributed by atoms with van der Waals surface area (Å²) in [6.45, 7) is 2.47. The van der Waals surface area contributed by atoms with Gasteiger partial charge in [-0.3, -0.25) is 4.79 Å². The summed E-state index contributed by atoms with van der Waals surface area (Å²) in [5, 5.41) is 0. The molecule has 5 heteroatoms. The van der Waals surface area contributed by atoms with E-state index >= 15 is 0 Å². The third-order valence-electron chi connectivity index (χ3n) is 3.21. The van der Waals surface area contributed by atoms with Crippen LogP contribution in [-0.2, 0) is 4.84 Å². The van der Waals surface area contributed by atoms with E-state index < -0.39 is 0 Å². The van der Waals surface area contributed by atoms with Gasteiger partial charge in [0.2, 0.25) is 0 Å². The van der Waals surface area contributed by atoms with Gasteiger partial charge in [-0.15, -0.1) is 0 Å². The molecule has 1 amide bonds. The van der Waals surface area contributed by atoms with E-state index in [1.165, 1.54) is 6.42 Å². The Balaban J connectivity index is 1.91. The average molecular weight is 264 g/mol. The lowest BCUT2D eigenvalue weighted by atomic mass is 10.1. The van der Waals surface area contributed by atoms with Crippen molar-refractivity contribution in [2.24, 2.45) is 5.90 Å². The fourth-order valence-corrected chi connectivity index (χ4v) is 2.18. The van der Waals surface area contributed by atoms with E-state index in [0.717, 1.165) is 25.9 Å². The Morgan fingerprint density at radius 1 is 1.11 bits per heavy atom. The van der Waals surface area contributed by atoms with Gasteiger partial charge < -0.3 is 14.5 Å². The maximum Gasteiger partial charge on any atom is 0.253 e. The molecule has 1 aromatic rings. The predicted molar refractivity (Wildman–Crippen MR) is 71.8 cm³/mol. The van der Waals surface area contributed by atoms with E-state index in [1.807, 2.05) is 4.90 Å². The quantitative estimate of drug-likeness (QED) is 0.648. The van der Waals surface area contributed by atoms with Gasteiger partial charge in [0.05, 0.1) is 0 Å². The summed E-state index contributed by atoms with van der Waals surface area (Å²) in [7, 11) is 0. The first-order valence-electron chi connectivity index (χ1n) is 6.65. The largest absolute Gasteiger partial charge is 0.491 e. The number of hydrogen-bond donors (Lipinski definition) is 1. The van der Waals surface area contributed by atoms with Gasteiger partial charge in [-0.2, -0.15) is 0 Å². The third-order valence-corrected chi connectivity index (χ3v) is 3.21. The highest BCUT2D eigenvalue weighted by atomic mass is 16.6. The van der Waals surface area contributed by atoms with Gasteiger partial charge in [0.25, 0.3) is 5.91 Å². The average Bonchev–Trinajstić information content (AvgIpc) is 2.48. The molecule has 0 bridgehead atoms. The monoisotopic (exact) mass is 264 g/mol. The minimum Gasteiger partial charge on any atom is -0.491 e. The third kappa shape index (κ3) is 3.94. The fourth-order valence-electron chi connectivity index (χ4n) is 2.18. The first-order chi connectivity index (χ1) is 9.31. The van der Waals surface area contributed by atoms with E-state index in [0.29, 0.717) is 24.5 Å². The molecule has 1 heterocycles. The number of piperidine rings is 1. The molecule has 0 aliphatic carbocycles. The Labute approximate surface area is 113 Å². The molecule has 1 aliphatic rings. The molecule has 2 N–H and O–H groups in total. The summed E-state index contributed by atoms with van der Waals surface area (Å²) >= 11 is 0. The zero-order valence-electron chi connectivity index (χ0n) is 11.0. The molecule has 19 heavy (non-hydrogen) atoms. The number of likely N-dealkylation sites (tertiary alicyclic amines) is 1. The molecule has 1 aliphatic heterocycles. The zero-order chi connectivity index (χ0) is 13.5. The highest BCUT2D eigenvalue weighted by Crippen LogP contribution is 2.16. The van der Waals surface area contributed by atoms with E-state index in [-0.39, 0.29) is 5.91 Å². The van der Waals surface area contributed by atoms with Crippen molar-refractivity contribution in [2.45, 2.75) is 19.3 Å². The molecule has 0 saturated carbocycles. The Kier molecular flexibility index (Phi) is 5.18. The van der Waals surface area contributed by atoms with Crippen LogP contribution >= 0.6 is 0 Å². The minimum absolute atomic E-state index is 0.108. The van der Waals surface area contributed by atoms with Crippen molar-refractivity contribution in [1.82, 2.24) is 4.90 Å². The predicted octanol–water partition coefficient (Wildman–Crippen LogP) is 1.58. The second-order valence-corrected chi connectivity index (χ2v) is 4.60. The number of hydrogen-bond acceptors (Lipinski definition) is 4. The highest BCUT2D eigenvalue weighted by molar-refractivity contribution is 5.94. The zero-order valence-corrected chi connectivity index (χ0v) is 11.0. The van der Waals surface area contributed by atoms with Crippen molar-refractivity contribution in [3.8, 4) is 5.75 Å². The maximum absolute atomic E-state index is 12.2. The van der Waals surface area contributed by atoms with Crippen molar-refractivity contribution in [2.75, 3.05) is 26.3 Å². The molecular formula is C14H20N2O3. The Bertz CT molecular complexity index is 400. The summed E-state index contributed by atoms with van der Waals surface area (Å²) in [5.41, 5.74) is 0.712. The fraction of sp³-hybridized carbons (Fsp3) is 0.500. The van der Waals surface area contributed by atoms with E-state index in [4.69, 9.17) is 10.6 Å². The Morgan fingerprint density at radius 2 is 1.79 bits per heavy atom. The summed E-state index contributed by atoms with van der Waals surface area (Å²) in [4.78, 5) is 18.6. The molecule has 104 valence electrons. The van der Waals surface area contributed by atoms with Crippen LogP contribution in [0.5, 0.6) is 5.75 Å². The molecule has 0 unspecified atom stereocenters. The van der Waals surface area contributed by atoms with Gasteiger partial charge in [-0.05, 0) is 43.5 Å². The van der Waals surface area contributed by atoms with Gasteiger partial charge in [0, 0.05) is 18.7 Å². The number of benzene rings is 1. The minimum atomic E-state index is 0.108. The molecule has 0 atom stereocenters. The van der Waals surface area contributed by atoms with Crippen molar-refractivity contribution < 1.29 is 14.4 Å². The second-order valence-electron chi connectivity index (χ2n) is 4.60. The topological polar surface area (TPSA) is 64.8 Å². The maximum atomic E-state index is 12.2. The second kappa shape index (κ2) is 7.11. The summed E-state index contributed by atoms with van der Waals surface area (Å²) in [5.74, 6) is 5.73. The summed E-state index contributed by atoms with van der Waals surface area (Å²) in [6, 6.07) is 7.20. The number of amides is 1. The molecule has 1 saturated heterocycles. The van der Waals surface area contributed by atoms with Crippen LogP contribution in [0.2, 0.25) is 0 Å². The van der Waals surface area contributed by atoms with Crippen molar-refractivity contribution in [3.05, 3.63) is 29.8 Å². The highest BCUT2D eigenvalue weighted by Gasteiger charge is 2.17. The standard InChI is InChI=1S/C14H20N2O3/c15-19-11-10-18-13-6-4-12(5-7-13)14(17)16-8-2-1-3-9-16/h4-7H,1-3,8-11,15H2. The van der Waals surface area contributed by atoms with Crippen LogP contribution < -0.4 is 10.6 Å². The molecular weight excluding hydrogens is 244 g/mol. The van der Waals surface area contributed by atoms with E-state index in [2.05, 4.69) is 4.84 Å². The Hall–Kier alpha value is -1.59. The lowest BCUT2D eigenvalue weighted by Crippen LogP contribution is -2.35. The molecule has 0 radical (unpaired) electrons. The molecule has 2 rings (SSSR count). The number of nitrogens with zero attached hydrogens (tertiary/aromatic N) is 1. The lowest BCUT2D eigenvalue weighted by Gasteiger charge is -2.26. The van der Waals surface area contributed by atoms with Crippen LogP contribution in [0.25, 0.3) is 0 Å². The number of ether oxygens (including phenoxy) is 1. The molecule has 1 aromatic carbocycles. The van der Waals surface area contributed by atoms with Gasteiger partial charge >= 0.3 is 0 Å².